The number of aryl methyl sites for hydroxylation is 4. The number of anilines is 1. The Kier molecular flexibility index (Phi) is 4.85. The van der Waals surface area contributed by atoms with Gasteiger partial charge in [-0.25, -0.2) is 4.98 Å². The Morgan fingerprint density at radius 2 is 1.82 bits per heavy atom. The minimum absolute atomic E-state index is 0.289. The van der Waals surface area contributed by atoms with Crippen molar-refractivity contribution in [3.63, 3.8) is 0 Å². The predicted molar refractivity (Wildman–Crippen MR) is 118 cm³/mol. The number of nitrogens with one attached hydrogen (secondary N) is 1. The molecule has 0 spiro atoms. The highest BCUT2D eigenvalue weighted by atomic mass is 79.9. The first-order valence-electron chi connectivity index (χ1n) is 8.87. The number of hydrogen-bond donors (Lipinski definition) is 1. The highest BCUT2D eigenvalue weighted by Gasteiger charge is 2.19. The van der Waals surface area contributed by atoms with Crippen LogP contribution in [0, 0.1) is 27.7 Å². The first-order valence-corrected chi connectivity index (χ1v) is 10.5. The molecule has 4 rings (SSSR count). The zero-order valence-electron chi connectivity index (χ0n) is 16.0. The first kappa shape index (κ1) is 18.9. The van der Waals surface area contributed by atoms with E-state index < -0.39 is 0 Å². The number of furan rings is 1. The van der Waals surface area contributed by atoms with Crippen LogP contribution in [0.1, 0.15) is 32.8 Å². The second-order valence-electron chi connectivity index (χ2n) is 6.94. The van der Waals surface area contributed by atoms with Crippen molar-refractivity contribution in [3.8, 4) is 11.3 Å². The average Bonchev–Trinajstić information content (AvgIpc) is 3.23. The number of nitrogens with zero attached hydrogens (tertiary/aromatic N) is 1. The third kappa shape index (κ3) is 3.38. The summed E-state index contributed by atoms with van der Waals surface area (Å²) in [4.78, 5) is 17.4. The lowest BCUT2D eigenvalue weighted by Crippen LogP contribution is -2.11. The van der Waals surface area contributed by atoms with Crippen LogP contribution in [0.15, 0.2) is 44.6 Å². The van der Waals surface area contributed by atoms with Gasteiger partial charge in [-0.1, -0.05) is 22.0 Å². The number of amides is 1. The minimum Gasteiger partial charge on any atom is -0.451 e. The Labute approximate surface area is 175 Å². The molecule has 0 saturated carbocycles. The van der Waals surface area contributed by atoms with Crippen LogP contribution >= 0.6 is 27.3 Å². The number of halogens is 1. The molecule has 0 fully saturated rings. The summed E-state index contributed by atoms with van der Waals surface area (Å²) in [5.74, 6) is 0.0229. The zero-order chi connectivity index (χ0) is 20.0. The lowest BCUT2D eigenvalue weighted by Gasteiger charge is -2.07. The summed E-state index contributed by atoms with van der Waals surface area (Å²) in [7, 11) is 0. The fraction of sp³-hybridized carbons (Fsp3) is 0.182. The van der Waals surface area contributed by atoms with E-state index in [1.165, 1.54) is 28.0 Å². The molecule has 2 aromatic heterocycles. The van der Waals surface area contributed by atoms with Crippen molar-refractivity contribution in [1.82, 2.24) is 4.98 Å². The van der Waals surface area contributed by atoms with Crippen LogP contribution in [0.25, 0.3) is 22.2 Å². The van der Waals surface area contributed by atoms with E-state index in [9.17, 15) is 4.79 Å². The Hall–Kier alpha value is -2.44. The fourth-order valence-electron chi connectivity index (χ4n) is 3.25. The van der Waals surface area contributed by atoms with Crippen molar-refractivity contribution in [2.24, 2.45) is 0 Å². The summed E-state index contributed by atoms with van der Waals surface area (Å²) < 4.78 is 6.72. The molecule has 0 bridgehead atoms. The molecule has 1 amide bonds. The fourth-order valence-corrected chi connectivity index (χ4v) is 4.32. The molecule has 0 unspecified atom stereocenters. The number of rotatable bonds is 3. The summed E-state index contributed by atoms with van der Waals surface area (Å²) in [5.41, 5.74) is 7.12. The van der Waals surface area contributed by atoms with Gasteiger partial charge < -0.3 is 4.42 Å². The maximum Gasteiger partial charge on any atom is 0.293 e. The Balaban J connectivity index is 1.62. The SMILES string of the molecule is Cc1cc(C)c(-c2csc(NC(=O)c3oc4ccc(Br)cc4c3C)n2)cc1C. The third-order valence-electron chi connectivity index (χ3n) is 4.95. The van der Waals surface area contributed by atoms with Gasteiger partial charge >= 0.3 is 0 Å². The zero-order valence-corrected chi connectivity index (χ0v) is 18.4. The summed E-state index contributed by atoms with van der Waals surface area (Å²) in [5, 5.41) is 6.32. The topological polar surface area (TPSA) is 55.1 Å². The first-order chi connectivity index (χ1) is 13.3. The highest BCUT2D eigenvalue weighted by Crippen LogP contribution is 2.31. The van der Waals surface area contributed by atoms with Crippen LogP contribution in [-0.2, 0) is 0 Å². The molecule has 0 aliphatic rings. The van der Waals surface area contributed by atoms with Crippen molar-refractivity contribution in [2.75, 3.05) is 5.32 Å². The van der Waals surface area contributed by atoms with Gasteiger partial charge in [-0.2, -0.15) is 0 Å². The molecular formula is C22H19BrN2O2S. The molecule has 142 valence electrons. The Morgan fingerprint density at radius 1 is 1.07 bits per heavy atom. The second kappa shape index (κ2) is 7.18. The molecule has 0 aliphatic heterocycles. The molecule has 4 aromatic rings. The molecule has 0 saturated heterocycles. The van der Waals surface area contributed by atoms with Gasteiger partial charge in [0.2, 0.25) is 0 Å². The van der Waals surface area contributed by atoms with Gasteiger partial charge in [-0.05, 0) is 68.7 Å². The largest absolute Gasteiger partial charge is 0.451 e. The molecule has 2 heterocycles. The Bertz CT molecular complexity index is 1220. The average molecular weight is 455 g/mol. The molecule has 0 aliphatic carbocycles. The van der Waals surface area contributed by atoms with Crippen molar-refractivity contribution in [1.29, 1.82) is 0 Å². The van der Waals surface area contributed by atoms with E-state index in [0.29, 0.717) is 16.5 Å². The Morgan fingerprint density at radius 3 is 2.61 bits per heavy atom. The van der Waals surface area contributed by atoms with Gasteiger partial charge in [-0.3, -0.25) is 10.1 Å². The normalized spacial score (nSPS) is 11.2. The maximum atomic E-state index is 12.8. The van der Waals surface area contributed by atoms with Gasteiger partial charge in [0.1, 0.15) is 5.58 Å². The lowest BCUT2D eigenvalue weighted by atomic mass is 9.99. The van der Waals surface area contributed by atoms with Gasteiger partial charge in [0.05, 0.1) is 5.69 Å². The van der Waals surface area contributed by atoms with Gasteiger partial charge in [0.15, 0.2) is 10.9 Å². The third-order valence-corrected chi connectivity index (χ3v) is 6.20. The van der Waals surface area contributed by atoms with E-state index in [1.807, 2.05) is 30.5 Å². The van der Waals surface area contributed by atoms with Crippen LogP contribution in [0.3, 0.4) is 0 Å². The second-order valence-corrected chi connectivity index (χ2v) is 8.71. The maximum absolute atomic E-state index is 12.8. The van der Waals surface area contributed by atoms with Gasteiger partial charge in [0.25, 0.3) is 5.91 Å². The van der Waals surface area contributed by atoms with E-state index in [-0.39, 0.29) is 5.91 Å². The molecule has 2 aromatic carbocycles. The molecule has 0 atom stereocenters. The summed E-state index contributed by atoms with van der Waals surface area (Å²) in [6.45, 7) is 8.16. The minimum atomic E-state index is -0.289. The molecular weight excluding hydrogens is 436 g/mol. The molecule has 0 radical (unpaired) electrons. The van der Waals surface area contributed by atoms with E-state index >= 15 is 0 Å². The number of fused-ring (bicyclic) bond motifs is 1. The van der Waals surface area contributed by atoms with Crippen molar-refractivity contribution in [2.45, 2.75) is 27.7 Å². The van der Waals surface area contributed by atoms with Crippen LogP contribution in [0.4, 0.5) is 5.13 Å². The number of aromatic nitrogens is 1. The monoisotopic (exact) mass is 454 g/mol. The van der Waals surface area contributed by atoms with Gasteiger partial charge in [0, 0.05) is 26.4 Å². The summed E-state index contributed by atoms with van der Waals surface area (Å²) in [6, 6.07) is 10.0. The van der Waals surface area contributed by atoms with Crippen molar-refractivity contribution >= 4 is 49.3 Å². The number of hydrogen-bond acceptors (Lipinski definition) is 4. The lowest BCUT2D eigenvalue weighted by molar-refractivity contribution is 0.0998. The molecule has 28 heavy (non-hydrogen) atoms. The number of thiazole rings is 1. The quantitative estimate of drug-likeness (QED) is 0.370. The summed E-state index contributed by atoms with van der Waals surface area (Å²) >= 11 is 4.87. The van der Waals surface area contributed by atoms with Crippen LogP contribution < -0.4 is 5.32 Å². The van der Waals surface area contributed by atoms with E-state index in [1.54, 1.807) is 0 Å². The van der Waals surface area contributed by atoms with Gasteiger partial charge in [-0.15, -0.1) is 11.3 Å². The van der Waals surface area contributed by atoms with E-state index in [0.717, 1.165) is 26.7 Å². The van der Waals surface area contributed by atoms with E-state index in [4.69, 9.17) is 4.42 Å². The smallest absolute Gasteiger partial charge is 0.293 e. The van der Waals surface area contributed by atoms with Crippen LogP contribution in [0.5, 0.6) is 0 Å². The summed E-state index contributed by atoms with van der Waals surface area (Å²) in [6.07, 6.45) is 0. The highest BCUT2D eigenvalue weighted by molar-refractivity contribution is 9.10. The number of carbonyl (C=O) groups is 1. The van der Waals surface area contributed by atoms with Crippen molar-refractivity contribution < 1.29 is 9.21 Å². The number of carbonyl (C=O) groups excluding carboxylic acids is 1. The molecule has 1 N–H and O–H groups in total. The standard InChI is InChI=1S/C22H19BrN2O2S/c1-11-7-13(3)16(8-12(11)2)18-10-28-22(24-18)25-21(26)20-14(4)17-9-15(23)5-6-19(17)27-20/h5-10H,1-4H3,(H,24,25,26). The number of benzene rings is 2. The molecule has 6 heteroatoms. The van der Waals surface area contributed by atoms with Crippen LogP contribution in [-0.4, -0.2) is 10.9 Å². The van der Waals surface area contributed by atoms with E-state index in [2.05, 4.69) is 59.1 Å². The van der Waals surface area contributed by atoms with Crippen molar-refractivity contribution in [3.05, 3.63) is 68.2 Å². The van der Waals surface area contributed by atoms with Crippen LogP contribution in [0.2, 0.25) is 0 Å². The predicted octanol–water partition coefficient (Wildman–Crippen LogP) is 6.80. The molecule has 4 nitrogen and oxygen atoms in total.